The van der Waals surface area contributed by atoms with Crippen LogP contribution in [0, 0.1) is 0 Å². The number of nitrogens with zero attached hydrogens (tertiary/aromatic N) is 4. The second-order valence-electron chi connectivity index (χ2n) is 5.47. The molecule has 1 aliphatic heterocycles. The van der Waals surface area contributed by atoms with Crippen LogP contribution in [0.15, 0.2) is 59.1 Å². The molecule has 0 bridgehead atoms. The van der Waals surface area contributed by atoms with Gasteiger partial charge in [0.2, 0.25) is 5.95 Å². The number of hydrogen-bond donors (Lipinski definition) is 1. The maximum atomic E-state index is 13.3. The first kappa shape index (κ1) is 16.2. The number of ether oxygens (including phenoxy) is 1. The normalized spacial score (nSPS) is 16.0. The van der Waals surface area contributed by atoms with Gasteiger partial charge in [-0.3, -0.25) is 4.79 Å². The van der Waals surface area contributed by atoms with Crippen molar-refractivity contribution in [3.05, 3.63) is 69.6 Å². The summed E-state index contributed by atoms with van der Waals surface area (Å²) in [5, 5.41) is 16.3. The molecule has 0 saturated heterocycles. The van der Waals surface area contributed by atoms with E-state index in [-0.39, 0.29) is 23.0 Å². The Hall–Kier alpha value is -3.33. The van der Waals surface area contributed by atoms with E-state index >= 15 is 0 Å². The van der Waals surface area contributed by atoms with Crippen molar-refractivity contribution < 1.29 is 14.3 Å². The van der Waals surface area contributed by atoms with Crippen molar-refractivity contribution in [2.45, 2.75) is 6.04 Å². The van der Waals surface area contributed by atoms with Crippen molar-refractivity contribution in [1.29, 1.82) is 0 Å². The number of allylic oxidation sites excluding steroid dienone is 1. The van der Waals surface area contributed by atoms with Gasteiger partial charge >= 0.3 is 5.97 Å². The van der Waals surface area contributed by atoms with E-state index in [0.29, 0.717) is 5.56 Å². The summed E-state index contributed by atoms with van der Waals surface area (Å²) in [6.45, 7) is 0. The standard InChI is InChI=1S/C17H13N5O3S/c1-25-16(24)13-12(15(23)10-6-3-2-4-7-10)14(11-8-5-9-26-11)22-17(18-13)19-20-21-22/h2-9,14H,1H3,(H,18,19,21)/t14-/m0/s1. The molecule has 0 radical (unpaired) electrons. The van der Waals surface area contributed by atoms with Gasteiger partial charge in [-0.2, -0.15) is 4.68 Å². The molecule has 4 rings (SSSR count). The van der Waals surface area contributed by atoms with Crippen molar-refractivity contribution in [2.24, 2.45) is 0 Å². The molecule has 2 aromatic heterocycles. The van der Waals surface area contributed by atoms with Crippen LogP contribution in [-0.4, -0.2) is 39.1 Å². The summed E-state index contributed by atoms with van der Waals surface area (Å²) in [6, 6.07) is 11.9. The number of ketones is 1. The summed E-state index contributed by atoms with van der Waals surface area (Å²) in [6.07, 6.45) is 0. The van der Waals surface area contributed by atoms with E-state index in [9.17, 15) is 9.59 Å². The number of nitrogens with one attached hydrogen (secondary N) is 1. The van der Waals surface area contributed by atoms with Gasteiger partial charge < -0.3 is 10.1 Å². The summed E-state index contributed by atoms with van der Waals surface area (Å²) >= 11 is 1.45. The Balaban J connectivity index is 1.95. The highest BCUT2D eigenvalue weighted by molar-refractivity contribution is 7.10. The van der Waals surface area contributed by atoms with E-state index in [1.54, 1.807) is 24.3 Å². The smallest absolute Gasteiger partial charge is 0.355 e. The highest BCUT2D eigenvalue weighted by Crippen LogP contribution is 2.38. The van der Waals surface area contributed by atoms with Crippen LogP contribution in [0.2, 0.25) is 0 Å². The number of thiophene rings is 1. The number of methoxy groups -OCH3 is 1. The van der Waals surface area contributed by atoms with E-state index in [1.807, 2.05) is 23.6 Å². The number of tetrazole rings is 1. The van der Waals surface area contributed by atoms with Gasteiger partial charge in [0.1, 0.15) is 11.7 Å². The molecule has 0 spiro atoms. The molecule has 3 aromatic rings. The number of esters is 1. The summed E-state index contributed by atoms with van der Waals surface area (Å²) in [5.74, 6) is -0.674. The van der Waals surface area contributed by atoms with E-state index in [0.717, 1.165) is 4.88 Å². The van der Waals surface area contributed by atoms with E-state index in [4.69, 9.17) is 4.74 Å². The van der Waals surface area contributed by atoms with Gasteiger partial charge in [-0.25, -0.2) is 4.79 Å². The van der Waals surface area contributed by atoms with Crippen LogP contribution in [0.25, 0.3) is 0 Å². The van der Waals surface area contributed by atoms with Crippen LogP contribution in [0.4, 0.5) is 5.95 Å². The van der Waals surface area contributed by atoms with Crippen molar-refractivity contribution >= 4 is 29.0 Å². The molecule has 0 fully saturated rings. The van der Waals surface area contributed by atoms with Gasteiger partial charge in [-0.05, 0) is 21.9 Å². The lowest BCUT2D eigenvalue weighted by Gasteiger charge is -2.27. The number of Topliss-reactive ketones (excluding diaryl/α,β-unsaturated/α-hetero) is 1. The van der Waals surface area contributed by atoms with Gasteiger partial charge in [-0.1, -0.05) is 41.5 Å². The third-order valence-electron chi connectivity index (χ3n) is 4.00. The lowest BCUT2D eigenvalue weighted by Crippen LogP contribution is -2.32. The number of benzene rings is 1. The Morgan fingerprint density at radius 3 is 2.69 bits per heavy atom. The van der Waals surface area contributed by atoms with Crippen molar-refractivity contribution in [2.75, 3.05) is 12.4 Å². The maximum absolute atomic E-state index is 13.3. The van der Waals surface area contributed by atoms with E-state index in [1.165, 1.54) is 23.1 Å². The number of carbonyl (C=O) groups excluding carboxylic acids is 2. The Labute approximate surface area is 152 Å². The van der Waals surface area contributed by atoms with Gasteiger partial charge in [0.15, 0.2) is 5.78 Å². The van der Waals surface area contributed by atoms with Gasteiger partial charge in [0, 0.05) is 10.4 Å². The van der Waals surface area contributed by atoms with Crippen molar-refractivity contribution in [1.82, 2.24) is 20.2 Å². The molecule has 0 aliphatic carbocycles. The second kappa shape index (κ2) is 6.52. The third-order valence-corrected chi connectivity index (χ3v) is 4.92. The van der Waals surface area contributed by atoms with Crippen LogP contribution in [-0.2, 0) is 9.53 Å². The highest BCUT2D eigenvalue weighted by Gasteiger charge is 2.38. The second-order valence-corrected chi connectivity index (χ2v) is 6.44. The summed E-state index contributed by atoms with van der Waals surface area (Å²) in [5.41, 5.74) is 0.746. The maximum Gasteiger partial charge on any atom is 0.355 e. The largest absolute Gasteiger partial charge is 0.464 e. The Morgan fingerprint density at radius 2 is 2.00 bits per heavy atom. The molecule has 26 heavy (non-hydrogen) atoms. The molecule has 0 amide bonds. The molecular weight excluding hydrogens is 354 g/mol. The first-order valence-corrected chi connectivity index (χ1v) is 8.59. The molecule has 0 unspecified atom stereocenters. The van der Waals surface area contributed by atoms with Gasteiger partial charge in [-0.15, -0.1) is 11.3 Å². The fourth-order valence-electron chi connectivity index (χ4n) is 2.84. The number of anilines is 1. The molecule has 3 heterocycles. The molecule has 130 valence electrons. The van der Waals surface area contributed by atoms with Crippen molar-refractivity contribution in [3.8, 4) is 0 Å². The molecule has 1 aromatic carbocycles. The number of rotatable bonds is 4. The van der Waals surface area contributed by atoms with Crippen LogP contribution >= 0.6 is 11.3 Å². The average Bonchev–Trinajstić information content (AvgIpc) is 3.37. The average molecular weight is 367 g/mol. The monoisotopic (exact) mass is 367 g/mol. The summed E-state index contributed by atoms with van der Waals surface area (Å²) < 4.78 is 6.37. The molecule has 8 nitrogen and oxygen atoms in total. The molecule has 1 aliphatic rings. The zero-order valence-corrected chi connectivity index (χ0v) is 14.4. The number of hydrogen-bond acceptors (Lipinski definition) is 8. The Bertz CT molecular complexity index is 995. The topological polar surface area (TPSA) is 99.0 Å². The van der Waals surface area contributed by atoms with Gasteiger partial charge in [0.05, 0.1) is 12.7 Å². The lowest BCUT2D eigenvalue weighted by molar-refractivity contribution is -0.136. The molecular formula is C17H13N5O3S. The fraction of sp³-hybridized carbons (Fsp3) is 0.118. The minimum atomic E-state index is -0.653. The van der Waals surface area contributed by atoms with Gasteiger partial charge in [0.25, 0.3) is 0 Å². The fourth-order valence-corrected chi connectivity index (χ4v) is 3.66. The minimum Gasteiger partial charge on any atom is -0.464 e. The SMILES string of the molecule is COC(=O)C1=C(C(=O)c2ccccc2)[C@H](c2cccs2)n2nnnc2N1. The number of fused-ring (bicyclic) bond motifs is 1. The predicted octanol–water partition coefficient (Wildman–Crippen LogP) is 2.06. The molecule has 9 heteroatoms. The number of carbonyl (C=O) groups is 2. The lowest BCUT2D eigenvalue weighted by atomic mass is 9.93. The van der Waals surface area contributed by atoms with E-state index in [2.05, 4.69) is 20.8 Å². The van der Waals surface area contributed by atoms with Crippen LogP contribution < -0.4 is 5.32 Å². The summed E-state index contributed by atoms with van der Waals surface area (Å²) in [4.78, 5) is 26.5. The summed E-state index contributed by atoms with van der Waals surface area (Å²) in [7, 11) is 1.26. The third kappa shape index (κ3) is 2.58. The zero-order valence-electron chi connectivity index (χ0n) is 13.6. The molecule has 1 N–H and O–H groups in total. The van der Waals surface area contributed by atoms with Crippen LogP contribution in [0.1, 0.15) is 21.3 Å². The zero-order chi connectivity index (χ0) is 18.1. The first-order valence-electron chi connectivity index (χ1n) is 7.71. The Morgan fingerprint density at radius 1 is 1.19 bits per heavy atom. The molecule has 0 saturated carbocycles. The predicted molar refractivity (Wildman–Crippen MR) is 93.7 cm³/mol. The van der Waals surface area contributed by atoms with Crippen LogP contribution in [0.3, 0.4) is 0 Å². The van der Waals surface area contributed by atoms with E-state index < -0.39 is 12.0 Å². The highest BCUT2D eigenvalue weighted by atomic mass is 32.1. The first-order chi connectivity index (χ1) is 12.7. The number of aromatic nitrogens is 4. The quantitative estimate of drug-likeness (QED) is 0.556. The Kier molecular flexibility index (Phi) is 4.05. The van der Waals surface area contributed by atoms with Crippen molar-refractivity contribution in [3.63, 3.8) is 0 Å². The minimum absolute atomic E-state index is 0.0436. The molecule has 1 atom stereocenters. The van der Waals surface area contributed by atoms with Crippen LogP contribution in [0.5, 0.6) is 0 Å².